The number of aliphatic hydroxyl groups is 1. The zero-order valence-electron chi connectivity index (χ0n) is 17.5. The van der Waals surface area contributed by atoms with Gasteiger partial charge < -0.3 is 25.1 Å². The van der Waals surface area contributed by atoms with Crippen molar-refractivity contribution >= 4 is 45.9 Å². The number of nitrogens with one attached hydrogen (secondary N) is 3. The van der Waals surface area contributed by atoms with Crippen LogP contribution < -0.4 is 11.0 Å². The van der Waals surface area contributed by atoms with Gasteiger partial charge in [-0.1, -0.05) is 0 Å². The van der Waals surface area contributed by atoms with E-state index in [4.69, 9.17) is 5.11 Å². The van der Waals surface area contributed by atoms with Crippen molar-refractivity contribution in [1.82, 2.24) is 9.97 Å². The zero-order valence-corrected chi connectivity index (χ0v) is 17.5. The molecular weight excluding hydrogens is 434 g/mol. The van der Waals surface area contributed by atoms with Crippen LogP contribution in [0.15, 0.2) is 51.4 Å². The van der Waals surface area contributed by atoms with Crippen LogP contribution in [0, 0.1) is 0 Å². The Morgan fingerprint density at radius 1 is 1.06 bits per heavy atom. The van der Waals surface area contributed by atoms with Gasteiger partial charge in [0.05, 0.1) is 29.4 Å². The summed E-state index contributed by atoms with van der Waals surface area (Å²) in [6.45, 7) is 0.359. The Balaban J connectivity index is 1.87. The van der Waals surface area contributed by atoms with E-state index in [1.165, 1.54) is 30.3 Å². The van der Waals surface area contributed by atoms with Gasteiger partial charge in [-0.15, -0.1) is 0 Å². The van der Waals surface area contributed by atoms with Gasteiger partial charge >= 0.3 is 11.7 Å². The number of ketones is 2. The number of aromatic amines is 2. The highest BCUT2D eigenvalue weighted by Gasteiger charge is 2.23. The Bertz CT molecular complexity index is 1300. The Labute approximate surface area is 185 Å². The number of carbonyl (C=O) groups is 4. The Hall–Kier alpha value is -4.45. The summed E-state index contributed by atoms with van der Waals surface area (Å²) < 4.78 is 4.63. The molecule has 3 aromatic rings. The summed E-state index contributed by atoms with van der Waals surface area (Å²) >= 11 is 0. The van der Waals surface area contributed by atoms with Crippen molar-refractivity contribution in [3.05, 3.63) is 58.0 Å². The van der Waals surface area contributed by atoms with E-state index in [1.54, 1.807) is 6.07 Å². The van der Waals surface area contributed by atoms with E-state index < -0.39 is 41.8 Å². The normalized spacial score (nSPS) is 12.0. The second-order valence-electron chi connectivity index (χ2n) is 6.90. The van der Waals surface area contributed by atoms with Gasteiger partial charge in [-0.05, 0) is 43.3 Å². The van der Waals surface area contributed by atoms with Gasteiger partial charge in [0.25, 0.3) is 5.91 Å². The van der Waals surface area contributed by atoms with Crippen LogP contribution in [0.3, 0.4) is 0 Å². The summed E-state index contributed by atoms with van der Waals surface area (Å²) in [4.78, 5) is 64.9. The highest BCUT2D eigenvalue weighted by atomic mass is 16.5. The van der Waals surface area contributed by atoms with Crippen LogP contribution in [0.4, 0.5) is 11.4 Å². The first-order valence-corrected chi connectivity index (χ1v) is 9.53. The maximum Gasteiger partial charge on any atom is 0.337 e. The molecule has 0 bridgehead atoms. The quantitative estimate of drug-likeness (QED) is 0.172. The van der Waals surface area contributed by atoms with Gasteiger partial charge in [0, 0.05) is 11.3 Å². The number of amides is 1. The number of ether oxygens (including phenoxy) is 1. The number of H-pyrrole nitrogens is 2. The summed E-state index contributed by atoms with van der Waals surface area (Å²) in [7, 11) is 1.15. The van der Waals surface area contributed by atoms with Crippen LogP contribution >= 0.6 is 0 Å². The topological polar surface area (TPSA) is 183 Å². The molecule has 0 aliphatic rings. The molecule has 3 rings (SSSR count). The first-order valence-electron chi connectivity index (χ1n) is 9.53. The van der Waals surface area contributed by atoms with Crippen LogP contribution in [0.1, 0.15) is 27.6 Å². The molecule has 1 heterocycles. The molecule has 0 fully saturated rings. The molecule has 0 saturated carbocycles. The number of azo groups is 1. The number of hydrogen-bond acceptors (Lipinski definition) is 9. The van der Waals surface area contributed by atoms with Crippen molar-refractivity contribution in [3.63, 3.8) is 0 Å². The van der Waals surface area contributed by atoms with E-state index in [0.29, 0.717) is 16.7 Å². The molecule has 1 unspecified atom stereocenters. The monoisotopic (exact) mass is 453 g/mol. The van der Waals surface area contributed by atoms with Crippen molar-refractivity contribution in [2.45, 2.75) is 13.0 Å². The molecule has 0 aliphatic heterocycles. The molecule has 0 radical (unpaired) electrons. The number of fused-ring (bicyclic) bond motifs is 1. The molecule has 0 saturated heterocycles. The molecule has 4 N–H and O–H groups in total. The van der Waals surface area contributed by atoms with Crippen molar-refractivity contribution in [2.75, 3.05) is 19.0 Å². The average molecular weight is 453 g/mol. The fraction of sp³-hybridized carbons (Fsp3) is 0.190. The fourth-order valence-corrected chi connectivity index (χ4v) is 2.92. The van der Waals surface area contributed by atoms with E-state index in [2.05, 4.69) is 30.3 Å². The van der Waals surface area contributed by atoms with E-state index in [0.717, 1.165) is 14.0 Å². The second-order valence-corrected chi connectivity index (χ2v) is 6.90. The predicted octanol–water partition coefficient (Wildman–Crippen LogP) is 1.50. The van der Waals surface area contributed by atoms with E-state index in [9.17, 15) is 24.0 Å². The zero-order chi connectivity index (χ0) is 24.1. The molecule has 12 heteroatoms. The fourth-order valence-electron chi connectivity index (χ4n) is 2.92. The highest BCUT2D eigenvalue weighted by Crippen LogP contribution is 2.21. The van der Waals surface area contributed by atoms with E-state index in [1.807, 2.05) is 0 Å². The number of carbonyl (C=O) groups excluding carboxylic acids is 4. The van der Waals surface area contributed by atoms with Crippen LogP contribution in [0.25, 0.3) is 11.0 Å². The lowest BCUT2D eigenvalue weighted by Gasteiger charge is -2.10. The third kappa shape index (κ3) is 5.43. The van der Waals surface area contributed by atoms with Crippen molar-refractivity contribution in [1.29, 1.82) is 0 Å². The average Bonchev–Trinajstić information content (AvgIpc) is 3.16. The van der Waals surface area contributed by atoms with Gasteiger partial charge in [0.2, 0.25) is 6.04 Å². The lowest BCUT2D eigenvalue weighted by molar-refractivity contribution is -0.126. The minimum absolute atomic E-state index is 0.0000625. The Morgan fingerprint density at radius 2 is 1.76 bits per heavy atom. The molecule has 0 spiro atoms. The number of aliphatic hydroxyl groups excluding tert-OH is 1. The Morgan fingerprint density at radius 3 is 2.42 bits per heavy atom. The number of Topliss-reactive ketones (excluding diaryl/α,β-unsaturated/α-hetero) is 2. The molecular formula is C21H19N5O7. The van der Waals surface area contributed by atoms with Crippen molar-refractivity contribution in [3.8, 4) is 0 Å². The number of benzene rings is 2. The molecule has 2 aromatic carbocycles. The van der Waals surface area contributed by atoms with Crippen LogP contribution in [-0.4, -0.2) is 58.3 Å². The summed E-state index contributed by atoms with van der Waals surface area (Å²) in [5, 5.41) is 19.3. The van der Waals surface area contributed by atoms with Gasteiger partial charge in [0.1, 0.15) is 6.61 Å². The lowest BCUT2D eigenvalue weighted by atomic mass is 10.1. The maximum atomic E-state index is 12.6. The van der Waals surface area contributed by atoms with Gasteiger partial charge in [0.15, 0.2) is 11.6 Å². The standard InChI is InChI=1S/C21H19N5O7/c1-10(28)18(19(30)22-13-3-4-15-16(8-13)24-21(32)23-15)26-25-14-6-11(17(29)9-27)5-12(7-14)20(31)33-2/h3-8,18,27H,9H2,1-2H3,(H,22,30)(H2,23,24,32). The van der Waals surface area contributed by atoms with Crippen LogP contribution in [0.5, 0.6) is 0 Å². The first-order chi connectivity index (χ1) is 15.7. The van der Waals surface area contributed by atoms with Crippen LogP contribution in [0.2, 0.25) is 0 Å². The number of nitrogens with zero attached hydrogens (tertiary/aromatic N) is 2. The SMILES string of the molecule is COC(=O)c1cc(N=NC(C(C)=O)C(=O)Nc2ccc3[nH]c(=O)[nH]c3c2)cc(C(=O)CO)c1. The lowest BCUT2D eigenvalue weighted by Crippen LogP contribution is -2.31. The summed E-state index contributed by atoms with van der Waals surface area (Å²) in [5.41, 5.74) is 0.860. The van der Waals surface area contributed by atoms with E-state index >= 15 is 0 Å². The Kier molecular flexibility index (Phi) is 6.88. The number of hydrogen-bond donors (Lipinski definition) is 4. The van der Waals surface area contributed by atoms with Gasteiger partial charge in [-0.3, -0.25) is 14.4 Å². The molecule has 170 valence electrons. The third-order valence-corrected chi connectivity index (χ3v) is 4.51. The number of rotatable bonds is 8. The molecule has 1 amide bonds. The molecule has 0 aliphatic carbocycles. The molecule has 12 nitrogen and oxygen atoms in total. The van der Waals surface area contributed by atoms with Crippen molar-refractivity contribution in [2.24, 2.45) is 10.2 Å². The number of imidazole rings is 1. The van der Waals surface area contributed by atoms with Gasteiger partial charge in [-0.25, -0.2) is 9.59 Å². The summed E-state index contributed by atoms with van der Waals surface area (Å²) in [6, 6.07) is 6.82. The van der Waals surface area contributed by atoms with Gasteiger partial charge in [-0.2, -0.15) is 10.2 Å². The second kappa shape index (κ2) is 9.78. The molecule has 1 aromatic heterocycles. The number of esters is 1. The summed E-state index contributed by atoms with van der Waals surface area (Å²) in [6.07, 6.45) is 0. The minimum atomic E-state index is -1.52. The third-order valence-electron chi connectivity index (χ3n) is 4.51. The predicted molar refractivity (Wildman–Crippen MR) is 116 cm³/mol. The number of methoxy groups -OCH3 is 1. The largest absolute Gasteiger partial charge is 0.465 e. The first kappa shape index (κ1) is 23.2. The minimum Gasteiger partial charge on any atom is -0.465 e. The number of anilines is 1. The highest BCUT2D eigenvalue weighted by molar-refractivity contribution is 6.10. The maximum absolute atomic E-state index is 12.6. The van der Waals surface area contributed by atoms with E-state index in [-0.39, 0.29) is 16.8 Å². The summed E-state index contributed by atoms with van der Waals surface area (Å²) in [5.74, 6) is -2.81. The number of aromatic nitrogens is 2. The van der Waals surface area contributed by atoms with Crippen molar-refractivity contribution < 1.29 is 29.0 Å². The molecule has 1 atom stereocenters. The molecule has 33 heavy (non-hydrogen) atoms. The van der Waals surface area contributed by atoms with Crippen LogP contribution in [-0.2, 0) is 14.3 Å². The smallest absolute Gasteiger partial charge is 0.337 e.